The van der Waals surface area contributed by atoms with Crippen LogP contribution in [-0.4, -0.2) is 18.5 Å². The van der Waals surface area contributed by atoms with Crippen LogP contribution < -0.4 is 0 Å². The molecule has 0 N–H and O–H groups in total. The minimum absolute atomic E-state index is 0.0847. The fourth-order valence-corrected chi connectivity index (χ4v) is 1.74. The van der Waals surface area contributed by atoms with Crippen LogP contribution in [0.1, 0.15) is 19.4 Å². The van der Waals surface area contributed by atoms with Gasteiger partial charge in [-0.05, 0) is 19.0 Å². The van der Waals surface area contributed by atoms with Gasteiger partial charge in [-0.3, -0.25) is 0 Å². The van der Waals surface area contributed by atoms with Gasteiger partial charge in [0.25, 0.3) is 0 Å². The maximum absolute atomic E-state index is 13.5. The predicted octanol–water partition coefficient (Wildman–Crippen LogP) is 3.19. The first-order valence-corrected chi connectivity index (χ1v) is 5.96. The quantitative estimate of drug-likeness (QED) is 0.804. The molecule has 98 valence electrons. The number of hydrogen-bond donors (Lipinski definition) is 0. The van der Waals surface area contributed by atoms with Crippen LogP contribution in [-0.2, 0) is 6.54 Å². The second kappa shape index (κ2) is 6.46. The molecule has 18 heavy (non-hydrogen) atoms. The van der Waals surface area contributed by atoms with Crippen LogP contribution in [0.15, 0.2) is 18.2 Å². The lowest BCUT2D eigenvalue weighted by molar-refractivity contribution is 0.262. The monoisotopic (exact) mass is 252 g/mol. The second-order valence-corrected chi connectivity index (χ2v) is 4.91. The Kier molecular flexibility index (Phi) is 5.24. The molecule has 0 saturated heterocycles. The van der Waals surface area contributed by atoms with E-state index in [9.17, 15) is 8.78 Å². The van der Waals surface area contributed by atoms with E-state index in [4.69, 9.17) is 5.26 Å². The highest BCUT2D eigenvalue weighted by Crippen LogP contribution is 2.15. The van der Waals surface area contributed by atoms with Crippen molar-refractivity contribution in [1.29, 1.82) is 5.26 Å². The topological polar surface area (TPSA) is 27.0 Å². The highest BCUT2D eigenvalue weighted by Gasteiger charge is 2.16. The van der Waals surface area contributed by atoms with E-state index in [0.29, 0.717) is 18.7 Å². The summed E-state index contributed by atoms with van der Waals surface area (Å²) in [4.78, 5) is 1.88. The van der Waals surface area contributed by atoms with Gasteiger partial charge in [0.05, 0.1) is 12.0 Å². The fraction of sp³-hybridized carbons (Fsp3) is 0.500. The summed E-state index contributed by atoms with van der Waals surface area (Å²) in [6.07, 6.45) is 0. The molecule has 0 aliphatic heterocycles. The van der Waals surface area contributed by atoms with Gasteiger partial charge in [-0.1, -0.05) is 19.9 Å². The minimum atomic E-state index is -0.573. The Hall–Kier alpha value is -1.47. The van der Waals surface area contributed by atoms with Gasteiger partial charge in [0.1, 0.15) is 11.6 Å². The van der Waals surface area contributed by atoms with Crippen molar-refractivity contribution < 1.29 is 8.78 Å². The zero-order chi connectivity index (χ0) is 13.7. The summed E-state index contributed by atoms with van der Waals surface area (Å²) in [6, 6.07) is 5.82. The number of nitrogens with zero attached hydrogens (tertiary/aromatic N) is 2. The van der Waals surface area contributed by atoms with Crippen molar-refractivity contribution in [3.8, 4) is 6.07 Å². The summed E-state index contributed by atoms with van der Waals surface area (Å²) in [7, 11) is 1.83. The third-order valence-electron chi connectivity index (χ3n) is 2.93. The summed E-state index contributed by atoms with van der Waals surface area (Å²) in [5, 5.41) is 9.00. The van der Waals surface area contributed by atoms with E-state index in [1.807, 2.05) is 25.8 Å². The zero-order valence-corrected chi connectivity index (χ0v) is 11.0. The van der Waals surface area contributed by atoms with E-state index in [-0.39, 0.29) is 11.8 Å². The van der Waals surface area contributed by atoms with E-state index in [2.05, 4.69) is 6.07 Å². The molecule has 0 saturated carbocycles. The molecule has 0 radical (unpaired) electrons. The zero-order valence-electron chi connectivity index (χ0n) is 11.0. The molecule has 1 aromatic rings. The number of benzene rings is 1. The number of nitriles is 1. The first-order valence-electron chi connectivity index (χ1n) is 5.96. The Morgan fingerprint density at radius 1 is 1.33 bits per heavy atom. The van der Waals surface area contributed by atoms with Crippen LogP contribution >= 0.6 is 0 Å². The van der Waals surface area contributed by atoms with Crippen LogP contribution in [0, 0.1) is 34.8 Å². The molecule has 0 spiro atoms. The molecule has 2 nitrogen and oxygen atoms in total. The molecular weight excluding hydrogens is 234 g/mol. The SMILES string of the molecule is CC(C)C(C#N)CN(C)Cc1ccc(F)cc1F. The Bertz CT molecular complexity index is 438. The molecule has 0 fully saturated rings. The van der Waals surface area contributed by atoms with E-state index < -0.39 is 11.6 Å². The van der Waals surface area contributed by atoms with Gasteiger partial charge in [-0.15, -0.1) is 0 Å². The average Bonchev–Trinajstić information content (AvgIpc) is 2.29. The minimum Gasteiger partial charge on any atom is -0.301 e. The first-order chi connectivity index (χ1) is 8.43. The molecule has 1 aromatic carbocycles. The molecule has 0 aliphatic rings. The highest BCUT2D eigenvalue weighted by molar-refractivity contribution is 5.18. The Morgan fingerprint density at radius 2 is 2.00 bits per heavy atom. The lowest BCUT2D eigenvalue weighted by Crippen LogP contribution is -2.27. The molecule has 4 heteroatoms. The summed E-state index contributed by atoms with van der Waals surface area (Å²) < 4.78 is 26.2. The van der Waals surface area contributed by atoms with E-state index in [1.165, 1.54) is 12.1 Å². The van der Waals surface area contributed by atoms with Crippen LogP contribution in [0.5, 0.6) is 0 Å². The molecular formula is C14H18F2N2. The average molecular weight is 252 g/mol. The molecule has 0 amide bonds. The third kappa shape index (κ3) is 4.08. The van der Waals surface area contributed by atoms with Crippen LogP contribution in [0.4, 0.5) is 8.78 Å². The van der Waals surface area contributed by atoms with Gasteiger partial charge >= 0.3 is 0 Å². The number of rotatable bonds is 5. The molecule has 0 heterocycles. The van der Waals surface area contributed by atoms with Crippen molar-refractivity contribution in [2.75, 3.05) is 13.6 Å². The van der Waals surface area contributed by atoms with Crippen molar-refractivity contribution >= 4 is 0 Å². The van der Waals surface area contributed by atoms with Gasteiger partial charge < -0.3 is 4.90 Å². The lowest BCUT2D eigenvalue weighted by atomic mass is 9.97. The maximum Gasteiger partial charge on any atom is 0.130 e. The van der Waals surface area contributed by atoms with Gasteiger partial charge in [0, 0.05) is 24.7 Å². The molecule has 0 bridgehead atoms. The molecule has 0 aromatic heterocycles. The highest BCUT2D eigenvalue weighted by atomic mass is 19.1. The predicted molar refractivity (Wildman–Crippen MR) is 66.6 cm³/mol. The summed E-state index contributed by atoms with van der Waals surface area (Å²) in [5.74, 6) is -0.940. The van der Waals surface area contributed by atoms with Crippen molar-refractivity contribution in [1.82, 2.24) is 4.90 Å². The Labute approximate surface area is 107 Å². The van der Waals surface area contributed by atoms with Gasteiger partial charge in [-0.2, -0.15) is 5.26 Å². The van der Waals surface area contributed by atoms with E-state index in [0.717, 1.165) is 6.07 Å². The van der Waals surface area contributed by atoms with Gasteiger partial charge in [0.2, 0.25) is 0 Å². The van der Waals surface area contributed by atoms with Crippen molar-refractivity contribution in [2.45, 2.75) is 20.4 Å². The molecule has 1 unspecified atom stereocenters. The third-order valence-corrected chi connectivity index (χ3v) is 2.93. The Balaban J connectivity index is 2.65. The van der Waals surface area contributed by atoms with E-state index in [1.54, 1.807) is 0 Å². The van der Waals surface area contributed by atoms with Crippen molar-refractivity contribution in [2.24, 2.45) is 11.8 Å². The summed E-state index contributed by atoms with van der Waals surface area (Å²) in [6.45, 7) is 4.92. The second-order valence-electron chi connectivity index (χ2n) is 4.91. The normalized spacial score (nSPS) is 12.8. The first kappa shape index (κ1) is 14.6. The lowest BCUT2D eigenvalue weighted by Gasteiger charge is -2.22. The summed E-state index contributed by atoms with van der Waals surface area (Å²) in [5.41, 5.74) is 0.444. The van der Waals surface area contributed by atoms with Crippen LogP contribution in [0.3, 0.4) is 0 Å². The van der Waals surface area contributed by atoms with E-state index >= 15 is 0 Å². The fourth-order valence-electron chi connectivity index (χ4n) is 1.74. The van der Waals surface area contributed by atoms with Crippen LogP contribution in [0.2, 0.25) is 0 Å². The van der Waals surface area contributed by atoms with Crippen molar-refractivity contribution in [3.63, 3.8) is 0 Å². The molecule has 1 rings (SSSR count). The maximum atomic E-state index is 13.5. The van der Waals surface area contributed by atoms with Gasteiger partial charge in [0.15, 0.2) is 0 Å². The Morgan fingerprint density at radius 3 is 2.50 bits per heavy atom. The smallest absolute Gasteiger partial charge is 0.130 e. The molecule has 0 aliphatic carbocycles. The number of halogens is 2. The summed E-state index contributed by atoms with van der Waals surface area (Å²) >= 11 is 0. The molecule has 1 atom stereocenters. The number of hydrogen-bond acceptors (Lipinski definition) is 2. The van der Waals surface area contributed by atoms with Crippen molar-refractivity contribution in [3.05, 3.63) is 35.4 Å². The van der Waals surface area contributed by atoms with Gasteiger partial charge in [-0.25, -0.2) is 8.78 Å². The largest absolute Gasteiger partial charge is 0.301 e. The standard InChI is InChI=1S/C14H18F2N2/c1-10(2)12(7-17)9-18(3)8-11-4-5-13(15)6-14(11)16/h4-6,10,12H,8-9H2,1-3H3. The van der Waals surface area contributed by atoms with Crippen LogP contribution in [0.25, 0.3) is 0 Å².